The monoisotopic (exact) mass is 341 g/mol. The predicted molar refractivity (Wildman–Crippen MR) is 96.1 cm³/mol. The van der Waals surface area contributed by atoms with Gasteiger partial charge < -0.3 is 9.88 Å². The second-order valence-corrected chi connectivity index (χ2v) is 6.93. The lowest BCUT2D eigenvalue weighted by Gasteiger charge is -2.26. The van der Waals surface area contributed by atoms with E-state index in [9.17, 15) is 9.59 Å². The molecule has 0 atom stereocenters. The van der Waals surface area contributed by atoms with E-state index in [-0.39, 0.29) is 17.5 Å². The minimum absolute atomic E-state index is 0.0224. The number of hydrogen-bond donors (Lipinski definition) is 1. The molecular formula is C18H19N3O2S. The van der Waals surface area contributed by atoms with Gasteiger partial charge in [-0.2, -0.15) is 0 Å². The summed E-state index contributed by atoms with van der Waals surface area (Å²) in [5.41, 5.74) is 0.468. The molecule has 0 aliphatic heterocycles. The Bertz CT molecular complexity index is 900. The van der Waals surface area contributed by atoms with Crippen LogP contribution in [0.4, 0.5) is 0 Å². The summed E-state index contributed by atoms with van der Waals surface area (Å²) >= 11 is 1.57. The second kappa shape index (κ2) is 6.97. The van der Waals surface area contributed by atoms with Crippen molar-refractivity contribution < 1.29 is 4.79 Å². The van der Waals surface area contributed by atoms with Crippen molar-refractivity contribution in [3.05, 3.63) is 62.8 Å². The first-order chi connectivity index (χ1) is 11.5. The number of fused-ring (bicyclic) bond motifs is 1. The van der Waals surface area contributed by atoms with Crippen molar-refractivity contribution in [2.45, 2.75) is 32.9 Å². The molecule has 124 valence electrons. The Labute approximate surface area is 144 Å². The molecule has 24 heavy (non-hydrogen) atoms. The van der Waals surface area contributed by atoms with E-state index in [0.29, 0.717) is 29.7 Å². The first-order valence-electron chi connectivity index (χ1n) is 7.84. The van der Waals surface area contributed by atoms with Gasteiger partial charge in [0.05, 0.1) is 23.9 Å². The number of H-pyrrole nitrogens is 1. The third-order valence-corrected chi connectivity index (χ3v) is 4.71. The van der Waals surface area contributed by atoms with Crippen LogP contribution in [0.5, 0.6) is 0 Å². The number of thiophene rings is 1. The smallest absolute Gasteiger partial charge is 0.258 e. The molecule has 3 aromatic rings. The van der Waals surface area contributed by atoms with E-state index in [4.69, 9.17) is 0 Å². The summed E-state index contributed by atoms with van der Waals surface area (Å²) in [6.07, 6.45) is 0.369. The van der Waals surface area contributed by atoms with E-state index in [1.807, 2.05) is 43.5 Å². The molecule has 3 rings (SSSR count). The Balaban J connectivity index is 1.85. The highest BCUT2D eigenvalue weighted by Gasteiger charge is 2.19. The molecule has 1 N–H and O–H groups in total. The first-order valence-corrected chi connectivity index (χ1v) is 8.72. The molecule has 0 bridgehead atoms. The fraction of sp³-hybridized carbons (Fsp3) is 0.278. The van der Waals surface area contributed by atoms with Crippen LogP contribution >= 0.6 is 11.3 Å². The molecular weight excluding hydrogens is 322 g/mol. The van der Waals surface area contributed by atoms with E-state index in [0.717, 1.165) is 4.88 Å². The minimum atomic E-state index is -0.176. The zero-order valence-corrected chi connectivity index (χ0v) is 14.5. The zero-order chi connectivity index (χ0) is 17.1. The fourth-order valence-electron chi connectivity index (χ4n) is 2.59. The average molecular weight is 341 g/mol. The van der Waals surface area contributed by atoms with Crippen molar-refractivity contribution in [3.8, 4) is 0 Å². The van der Waals surface area contributed by atoms with Crippen LogP contribution in [0.2, 0.25) is 0 Å². The molecule has 1 amide bonds. The Hall–Kier alpha value is -2.47. The number of para-hydroxylation sites is 1. The second-order valence-electron chi connectivity index (χ2n) is 5.90. The van der Waals surface area contributed by atoms with Crippen LogP contribution in [0.3, 0.4) is 0 Å². The summed E-state index contributed by atoms with van der Waals surface area (Å²) in [7, 11) is 0. The van der Waals surface area contributed by atoms with Gasteiger partial charge in [0, 0.05) is 10.9 Å². The van der Waals surface area contributed by atoms with Crippen molar-refractivity contribution in [1.82, 2.24) is 14.9 Å². The normalized spacial score (nSPS) is 11.1. The lowest BCUT2D eigenvalue weighted by Crippen LogP contribution is -2.38. The first kappa shape index (κ1) is 16.4. The Morgan fingerprint density at radius 2 is 2.04 bits per heavy atom. The van der Waals surface area contributed by atoms with Crippen molar-refractivity contribution in [2.24, 2.45) is 0 Å². The van der Waals surface area contributed by atoms with Gasteiger partial charge in [0.25, 0.3) is 5.56 Å². The van der Waals surface area contributed by atoms with Gasteiger partial charge in [-0.25, -0.2) is 4.98 Å². The molecule has 0 aliphatic rings. The van der Waals surface area contributed by atoms with Gasteiger partial charge >= 0.3 is 0 Å². The van der Waals surface area contributed by atoms with Crippen molar-refractivity contribution in [1.29, 1.82) is 0 Å². The van der Waals surface area contributed by atoms with Crippen LogP contribution in [0.25, 0.3) is 10.9 Å². The number of benzene rings is 1. The average Bonchev–Trinajstić information content (AvgIpc) is 3.05. The Kier molecular flexibility index (Phi) is 4.76. The third-order valence-electron chi connectivity index (χ3n) is 3.83. The molecule has 2 heterocycles. The number of hydrogen-bond acceptors (Lipinski definition) is 4. The highest BCUT2D eigenvalue weighted by molar-refractivity contribution is 7.10. The molecule has 0 aliphatic carbocycles. The molecule has 0 saturated heterocycles. The maximum atomic E-state index is 12.6. The molecule has 0 radical (unpaired) electrons. The number of aromatic nitrogens is 2. The molecule has 6 heteroatoms. The van der Waals surface area contributed by atoms with E-state index < -0.39 is 0 Å². The van der Waals surface area contributed by atoms with E-state index in [1.54, 1.807) is 28.4 Å². The van der Waals surface area contributed by atoms with Crippen molar-refractivity contribution in [2.75, 3.05) is 0 Å². The predicted octanol–water partition coefficient (Wildman–Crippen LogP) is 2.96. The summed E-state index contributed by atoms with van der Waals surface area (Å²) in [5.74, 6) is 0.537. The van der Waals surface area contributed by atoms with Crippen LogP contribution in [0.15, 0.2) is 46.6 Å². The highest BCUT2D eigenvalue weighted by Crippen LogP contribution is 2.14. The lowest BCUT2D eigenvalue weighted by molar-refractivity contribution is -0.132. The van der Waals surface area contributed by atoms with Crippen LogP contribution in [-0.2, 0) is 17.8 Å². The van der Waals surface area contributed by atoms with Crippen LogP contribution in [0, 0.1) is 0 Å². The lowest BCUT2D eigenvalue weighted by atomic mass is 10.2. The van der Waals surface area contributed by atoms with E-state index in [2.05, 4.69) is 9.97 Å². The molecule has 1 aromatic carbocycles. The third kappa shape index (κ3) is 3.54. The molecule has 0 spiro atoms. The van der Waals surface area contributed by atoms with Gasteiger partial charge in [-0.3, -0.25) is 9.59 Å². The van der Waals surface area contributed by atoms with E-state index in [1.165, 1.54) is 0 Å². The summed E-state index contributed by atoms with van der Waals surface area (Å²) in [6, 6.07) is 11.1. The number of amides is 1. The van der Waals surface area contributed by atoms with Gasteiger partial charge in [-0.15, -0.1) is 11.3 Å². The maximum Gasteiger partial charge on any atom is 0.258 e. The summed E-state index contributed by atoms with van der Waals surface area (Å²) in [5, 5.41) is 2.52. The van der Waals surface area contributed by atoms with Gasteiger partial charge in [0.15, 0.2) is 0 Å². The van der Waals surface area contributed by atoms with Gasteiger partial charge in [-0.05, 0) is 37.4 Å². The maximum absolute atomic E-state index is 12.6. The standard InChI is InChI=1S/C18H19N3O2S/c1-12(2)21(17(22)10-13-6-5-9-24-13)11-16-19-15-8-4-3-7-14(15)18(23)20-16/h3-9,12H,10-11H2,1-2H3,(H,19,20,23). The SMILES string of the molecule is CC(C)N(Cc1nc2ccccc2c(=O)[nH]1)C(=O)Cc1cccs1. The molecule has 2 aromatic heterocycles. The van der Waals surface area contributed by atoms with E-state index >= 15 is 0 Å². The van der Waals surface area contributed by atoms with Crippen molar-refractivity contribution in [3.63, 3.8) is 0 Å². The largest absolute Gasteiger partial charge is 0.332 e. The molecule has 0 fully saturated rings. The summed E-state index contributed by atoms with van der Waals surface area (Å²) in [4.78, 5) is 34.9. The van der Waals surface area contributed by atoms with Gasteiger partial charge in [0.2, 0.25) is 5.91 Å². The van der Waals surface area contributed by atoms with Crippen LogP contribution in [0.1, 0.15) is 24.5 Å². The van der Waals surface area contributed by atoms with Crippen LogP contribution < -0.4 is 5.56 Å². The number of nitrogens with zero attached hydrogens (tertiary/aromatic N) is 2. The molecule has 0 saturated carbocycles. The molecule has 0 unspecified atom stereocenters. The number of aromatic amines is 1. The molecule has 5 nitrogen and oxygen atoms in total. The minimum Gasteiger partial charge on any atom is -0.332 e. The topological polar surface area (TPSA) is 66.1 Å². The number of carbonyl (C=O) groups excluding carboxylic acids is 1. The quantitative estimate of drug-likeness (QED) is 0.776. The zero-order valence-electron chi connectivity index (χ0n) is 13.7. The number of carbonyl (C=O) groups is 1. The van der Waals surface area contributed by atoms with Crippen molar-refractivity contribution >= 4 is 28.1 Å². The fourth-order valence-corrected chi connectivity index (χ4v) is 3.29. The van der Waals surface area contributed by atoms with Gasteiger partial charge in [-0.1, -0.05) is 18.2 Å². The Morgan fingerprint density at radius 1 is 1.25 bits per heavy atom. The van der Waals surface area contributed by atoms with Crippen LogP contribution in [-0.4, -0.2) is 26.8 Å². The van der Waals surface area contributed by atoms with Gasteiger partial charge in [0.1, 0.15) is 5.82 Å². The Morgan fingerprint density at radius 3 is 2.75 bits per heavy atom. The summed E-state index contributed by atoms with van der Waals surface area (Å²) < 4.78 is 0. The highest BCUT2D eigenvalue weighted by atomic mass is 32.1. The summed E-state index contributed by atoms with van der Waals surface area (Å²) in [6.45, 7) is 4.22. The number of nitrogens with one attached hydrogen (secondary N) is 1. The number of rotatable bonds is 5.